The second-order valence-corrected chi connectivity index (χ2v) is 9.84. The van der Waals surface area contributed by atoms with Gasteiger partial charge < -0.3 is 19.9 Å². The van der Waals surface area contributed by atoms with Crippen molar-refractivity contribution in [3.05, 3.63) is 64.7 Å². The summed E-state index contributed by atoms with van der Waals surface area (Å²) < 4.78 is 6.18. The lowest BCUT2D eigenvalue weighted by atomic mass is 9.87. The molecule has 2 amide bonds. The first-order valence-corrected chi connectivity index (χ1v) is 12.5. The number of carbonyl (C=O) groups excluding carboxylic acids is 2. The highest BCUT2D eigenvalue weighted by atomic mass is 16.5. The van der Waals surface area contributed by atoms with E-state index in [4.69, 9.17) is 4.74 Å². The molecule has 1 N–H and O–H groups in total. The van der Waals surface area contributed by atoms with E-state index in [0.717, 1.165) is 43.5 Å². The fourth-order valence-corrected chi connectivity index (χ4v) is 4.58. The summed E-state index contributed by atoms with van der Waals surface area (Å²) >= 11 is 0. The summed E-state index contributed by atoms with van der Waals surface area (Å²) in [5.74, 6) is 1.01. The van der Waals surface area contributed by atoms with E-state index in [2.05, 4.69) is 47.5 Å². The Balaban J connectivity index is 1.59. The average Bonchev–Trinajstić information content (AvgIpc) is 3.67. The molecule has 6 nitrogen and oxygen atoms in total. The van der Waals surface area contributed by atoms with Gasteiger partial charge in [-0.15, -0.1) is 0 Å². The minimum atomic E-state index is -0.550. The zero-order valence-corrected chi connectivity index (χ0v) is 20.8. The third-order valence-electron chi connectivity index (χ3n) is 6.75. The summed E-state index contributed by atoms with van der Waals surface area (Å²) in [7, 11) is 3.96. The van der Waals surface area contributed by atoms with Crippen molar-refractivity contribution in [1.29, 1.82) is 0 Å². The molecule has 4 rings (SSSR count). The summed E-state index contributed by atoms with van der Waals surface area (Å²) in [6.45, 7) is 6.13. The molecule has 0 saturated heterocycles. The number of nitrogens with one attached hydrogen (secondary N) is 1. The molecule has 1 fully saturated rings. The van der Waals surface area contributed by atoms with Crippen molar-refractivity contribution >= 4 is 11.8 Å². The van der Waals surface area contributed by atoms with Crippen LogP contribution in [0.3, 0.4) is 0 Å². The molecule has 0 bridgehead atoms. The van der Waals surface area contributed by atoms with Crippen LogP contribution in [0.4, 0.5) is 0 Å². The van der Waals surface area contributed by atoms with Crippen LogP contribution < -0.4 is 10.1 Å². The number of fused-ring (bicyclic) bond motifs is 1. The van der Waals surface area contributed by atoms with Crippen molar-refractivity contribution in [2.24, 2.45) is 5.92 Å². The van der Waals surface area contributed by atoms with Gasteiger partial charge in [0.2, 0.25) is 5.91 Å². The van der Waals surface area contributed by atoms with Crippen LogP contribution >= 0.6 is 0 Å². The van der Waals surface area contributed by atoms with Crippen molar-refractivity contribution < 1.29 is 14.3 Å². The molecule has 2 aliphatic rings. The van der Waals surface area contributed by atoms with Crippen molar-refractivity contribution in [1.82, 2.24) is 15.1 Å². The Morgan fingerprint density at radius 2 is 1.88 bits per heavy atom. The maximum Gasteiger partial charge on any atom is 0.261 e. The summed E-state index contributed by atoms with van der Waals surface area (Å²) in [5, 5.41) is 2.97. The number of likely N-dealkylation sites (N-methyl/N-ethyl adjacent to an activating group) is 1. The van der Waals surface area contributed by atoms with Crippen molar-refractivity contribution in [3.8, 4) is 5.75 Å². The Labute approximate surface area is 203 Å². The number of ether oxygens (including phenoxy) is 1. The standard InChI is InChI=1S/C28H37N3O3/c1-5-25(27(32)29-15-17-30(3)4)34-23-13-12-20-14-16-31(28(33)22-10-11-22)26(24(20)18-23)21-8-6-19(2)7-9-21/h6-9,12-13,18,22,25-26H,5,10-11,14-17H2,1-4H3,(H,29,32)/t25-,26-/m0/s1. The van der Waals surface area contributed by atoms with Crippen LogP contribution in [0.15, 0.2) is 42.5 Å². The fraction of sp³-hybridized carbons (Fsp3) is 0.500. The number of carbonyl (C=O) groups is 2. The zero-order chi connectivity index (χ0) is 24.2. The van der Waals surface area contributed by atoms with Crippen LogP contribution in [-0.2, 0) is 16.0 Å². The molecular formula is C28H37N3O3. The molecule has 2 atom stereocenters. The first kappa shape index (κ1) is 24.3. The quantitative estimate of drug-likeness (QED) is 0.616. The van der Waals surface area contributed by atoms with E-state index in [1.165, 1.54) is 11.1 Å². The number of hydrogen-bond acceptors (Lipinski definition) is 4. The van der Waals surface area contributed by atoms with E-state index in [1.54, 1.807) is 0 Å². The molecule has 6 heteroatoms. The van der Waals surface area contributed by atoms with Gasteiger partial charge in [-0.3, -0.25) is 9.59 Å². The van der Waals surface area contributed by atoms with Gasteiger partial charge >= 0.3 is 0 Å². The first-order valence-electron chi connectivity index (χ1n) is 12.5. The number of aryl methyl sites for hydroxylation is 1. The molecule has 1 aliphatic carbocycles. The molecular weight excluding hydrogens is 426 g/mol. The topological polar surface area (TPSA) is 61.9 Å². The van der Waals surface area contributed by atoms with Crippen LogP contribution in [0.25, 0.3) is 0 Å². The third-order valence-corrected chi connectivity index (χ3v) is 6.75. The molecule has 0 aromatic heterocycles. The van der Waals surface area contributed by atoms with Gasteiger partial charge in [-0.1, -0.05) is 42.8 Å². The second-order valence-electron chi connectivity index (χ2n) is 9.84. The maximum atomic E-state index is 13.2. The summed E-state index contributed by atoms with van der Waals surface area (Å²) in [6.07, 6.45) is 2.85. The van der Waals surface area contributed by atoms with E-state index in [-0.39, 0.29) is 23.8 Å². The molecule has 0 unspecified atom stereocenters. The van der Waals surface area contributed by atoms with Gasteiger partial charge in [0.05, 0.1) is 6.04 Å². The number of nitrogens with zero attached hydrogens (tertiary/aromatic N) is 2. The van der Waals surface area contributed by atoms with Gasteiger partial charge in [0, 0.05) is 25.6 Å². The molecule has 1 heterocycles. The Kier molecular flexibility index (Phi) is 7.57. The zero-order valence-electron chi connectivity index (χ0n) is 20.8. The molecule has 1 saturated carbocycles. The summed E-state index contributed by atoms with van der Waals surface area (Å²) in [6, 6.07) is 14.4. The minimum absolute atomic E-state index is 0.0947. The molecule has 2 aromatic carbocycles. The van der Waals surface area contributed by atoms with Crippen LogP contribution in [0.2, 0.25) is 0 Å². The van der Waals surface area contributed by atoms with Crippen LogP contribution in [-0.4, -0.2) is 61.4 Å². The van der Waals surface area contributed by atoms with Crippen LogP contribution in [0.1, 0.15) is 54.5 Å². The lowest BCUT2D eigenvalue weighted by Crippen LogP contribution is -2.42. The van der Waals surface area contributed by atoms with Crippen LogP contribution in [0.5, 0.6) is 5.75 Å². The Hall–Kier alpha value is -2.86. The van der Waals surface area contributed by atoms with Gasteiger partial charge in [-0.2, -0.15) is 0 Å². The Bertz CT molecular complexity index is 1010. The highest BCUT2D eigenvalue weighted by molar-refractivity contribution is 5.82. The average molecular weight is 464 g/mol. The molecule has 0 radical (unpaired) electrons. The van der Waals surface area contributed by atoms with Crippen molar-refractivity contribution in [3.63, 3.8) is 0 Å². The van der Waals surface area contributed by atoms with Crippen molar-refractivity contribution in [2.75, 3.05) is 33.7 Å². The molecule has 182 valence electrons. The molecule has 1 aliphatic heterocycles. The number of amides is 2. The molecule has 34 heavy (non-hydrogen) atoms. The minimum Gasteiger partial charge on any atom is -0.481 e. The van der Waals surface area contributed by atoms with Gasteiger partial charge in [0.15, 0.2) is 6.10 Å². The highest BCUT2D eigenvalue weighted by Gasteiger charge is 2.39. The molecule has 2 aromatic rings. The van der Waals surface area contributed by atoms with Gasteiger partial charge in [-0.05, 0) is 75.5 Å². The predicted molar refractivity (Wildman–Crippen MR) is 134 cm³/mol. The van der Waals surface area contributed by atoms with Gasteiger partial charge in [-0.25, -0.2) is 0 Å². The monoisotopic (exact) mass is 463 g/mol. The molecule has 0 spiro atoms. The van der Waals surface area contributed by atoms with E-state index in [1.807, 2.05) is 38.1 Å². The smallest absolute Gasteiger partial charge is 0.261 e. The highest BCUT2D eigenvalue weighted by Crippen LogP contribution is 2.41. The lowest BCUT2D eigenvalue weighted by molar-refractivity contribution is -0.134. The van der Waals surface area contributed by atoms with E-state index in [0.29, 0.717) is 18.7 Å². The van der Waals surface area contributed by atoms with E-state index >= 15 is 0 Å². The second kappa shape index (κ2) is 10.6. The van der Waals surface area contributed by atoms with Gasteiger partial charge in [0.1, 0.15) is 5.75 Å². The van der Waals surface area contributed by atoms with Crippen LogP contribution in [0, 0.1) is 12.8 Å². The first-order chi connectivity index (χ1) is 16.4. The number of rotatable bonds is 9. The van der Waals surface area contributed by atoms with Gasteiger partial charge in [0.25, 0.3) is 5.91 Å². The SMILES string of the molecule is CC[C@H](Oc1ccc2c(c1)[C@H](c1ccc(C)cc1)N(C(=O)C1CC1)CC2)C(=O)NCCN(C)C. The Morgan fingerprint density at radius 3 is 2.53 bits per heavy atom. The Morgan fingerprint density at radius 1 is 1.15 bits per heavy atom. The fourth-order valence-electron chi connectivity index (χ4n) is 4.58. The predicted octanol–water partition coefficient (Wildman–Crippen LogP) is 3.71. The number of hydrogen-bond donors (Lipinski definition) is 1. The maximum absolute atomic E-state index is 13.2. The summed E-state index contributed by atoms with van der Waals surface area (Å²) in [4.78, 5) is 30.0. The third kappa shape index (κ3) is 5.61. The summed E-state index contributed by atoms with van der Waals surface area (Å²) in [5.41, 5.74) is 4.65. The number of benzene rings is 2. The van der Waals surface area contributed by atoms with E-state index in [9.17, 15) is 9.59 Å². The normalized spacial score (nSPS) is 18.4. The van der Waals surface area contributed by atoms with Crippen molar-refractivity contribution in [2.45, 2.75) is 51.7 Å². The van der Waals surface area contributed by atoms with E-state index < -0.39 is 6.10 Å². The largest absolute Gasteiger partial charge is 0.481 e. The lowest BCUT2D eigenvalue weighted by Gasteiger charge is -2.38.